The van der Waals surface area contributed by atoms with Gasteiger partial charge in [-0.2, -0.15) is 0 Å². The summed E-state index contributed by atoms with van der Waals surface area (Å²) in [5.74, 6) is 3.36. The smallest absolute Gasteiger partial charge is 0.155 e. The molecule has 0 amide bonds. The minimum absolute atomic E-state index is 0.0133. The van der Waals surface area contributed by atoms with Crippen LogP contribution in [0.2, 0.25) is 0 Å². The second-order valence-electron chi connectivity index (χ2n) is 12.8. The summed E-state index contributed by atoms with van der Waals surface area (Å²) in [4.78, 5) is 17.1. The van der Waals surface area contributed by atoms with Crippen molar-refractivity contribution in [2.45, 2.75) is 104 Å². The molecule has 9 unspecified atom stereocenters. The van der Waals surface area contributed by atoms with Gasteiger partial charge in [0.25, 0.3) is 0 Å². The van der Waals surface area contributed by atoms with Gasteiger partial charge in [0.1, 0.15) is 5.60 Å². The van der Waals surface area contributed by atoms with Gasteiger partial charge in [-0.05, 0) is 109 Å². The Labute approximate surface area is 200 Å². The highest BCUT2D eigenvalue weighted by Crippen LogP contribution is 2.67. The van der Waals surface area contributed by atoms with Gasteiger partial charge in [0, 0.05) is 6.42 Å². The zero-order valence-corrected chi connectivity index (χ0v) is 21.5. The average Bonchev–Trinajstić information content (AvgIpc) is 3.13. The fraction of sp³-hybridized carbons (Fsp3) is 0.828. The fourth-order valence-corrected chi connectivity index (χ4v) is 9.05. The van der Waals surface area contributed by atoms with E-state index >= 15 is 0 Å². The number of hydrogen-bond acceptors (Lipinski definition) is 4. The van der Waals surface area contributed by atoms with E-state index in [9.17, 15) is 15.2 Å². The van der Waals surface area contributed by atoms with Crippen molar-refractivity contribution in [3.05, 3.63) is 24.3 Å². The van der Waals surface area contributed by atoms with Crippen LogP contribution in [0.3, 0.4) is 0 Å². The lowest BCUT2D eigenvalue weighted by atomic mass is 9.46. The van der Waals surface area contributed by atoms with Gasteiger partial charge in [-0.15, -0.1) is 6.58 Å². The molecule has 33 heavy (non-hydrogen) atoms. The first-order valence-corrected chi connectivity index (χ1v) is 13.4. The summed E-state index contributed by atoms with van der Waals surface area (Å²) in [5.41, 5.74) is 0.649. The lowest BCUT2D eigenvalue weighted by Gasteiger charge is -2.59. The first kappa shape index (κ1) is 25.1. The summed E-state index contributed by atoms with van der Waals surface area (Å²) >= 11 is 0. The van der Waals surface area contributed by atoms with Crippen molar-refractivity contribution in [3.63, 3.8) is 0 Å². The molecule has 3 fully saturated rings. The molecule has 0 saturated heterocycles. The SMILES string of the molecule is C=CC(CCC(C)C1CCC2C3CC(O)C4=CC(=O)CCC4(C)C3CCC12C)(OO)C(C)C. The summed E-state index contributed by atoms with van der Waals surface area (Å²) in [5, 5.41) is 20.8. The molecule has 0 radical (unpaired) electrons. The van der Waals surface area contributed by atoms with Crippen molar-refractivity contribution in [2.24, 2.45) is 46.3 Å². The lowest BCUT2D eigenvalue weighted by molar-refractivity contribution is -0.321. The van der Waals surface area contributed by atoms with Gasteiger partial charge in [0.2, 0.25) is 0 Å². The van der Waals surface area contributed by atoms with Crippen LogP contribution in [0.5, 0.6) is 0 Å². The fourth-order valence-electron chi connectivity index (χ4n) is 9.05. The highest BCUT2D eigenvalue weighted by atomic mass is 17.1. The largest absolute Gasteiger partial charge is 0.389 e. The third-order valence-corrected chi connectivity index (χ3v) is 11.2. The number of hydrogen-bond donors (Lipinski definition) is 2. The summed E-state index contributed by atoms with van der Waals surface area (Å²) in [6, 6.07) is 0. The Morgan fingerprint density at radius 1 is 1.21 bits per heavy atom. The molecule has 0 aromatic rings. The molecule has 0 bridgehead atoms. The normalized spacial score (nSPS) is 43.2. The van der Waals surface area contributed by atoms with Gasteiger partial charge in [0.15, 0.2) is 5.78 Å². The van der Waals surface area contributed by atoms with E-state index in [0.29, 0.717) is 41.4 Å². The van der Waals surface area contributed by atoms with Crippen LogP contribution >= 0.6 is 0 Å². The Kier molecular flexibility index (Phi) is 6.79. The molecule has 2 N–H and O–H groups in total. The first-order valence-electron chi connectivity index (χ1n) is 13.4. The van der Waals surface area contributed by atoms with Crippen molar-refractivity contribution in [1.29, 1.82) is 0 Å². The van der Waals surface area contributed by atoms with Gasteiger partial charge in [-0.25, -0.2) is 4.89 Å². The molecule has 4 aliphatic carbocycles. The van der Waals surface area contributed by atoms with E-state index in [1.54, 1.807) is 12.2 Å². The number of carbonyl (C=O) groups is 1. The maximum Gasteiger partial charge on any atom is 0.155 e. The van der Waals surface area contributed by atoms with Crippen LogP contribution in [0.25, 0.3) is 0 Å². The Hall–Kier alpha value is -0.970. The number of ketones is 1. The average molecular weight is 459 g/mol. The Bertz CT molecular complexity index is 801. The standard InChI is InChI=1S/C29H46O4/c1-7-29(33-32,18(2)3)15-10-19(4)22-8-9-23-21-17-26(31)25-16-20(30)11-13-28(25,6)24(21)12-14-27(22,23)5/h7,16,18-19,21-24,26,31-32H,1,8-15,17H2,2-6H3. The molecular formula is C29H46O4. The molecule has 4 heteroatoms. The molecule has 0 aromatic heterocycles. The van der Waals surface area contributed by atoms with Gasteiger partial charge in [-0.3, -0.25) is 10.1 Å². The van der Waals surface area contributed by atoms with E-state index in [4.69, 9.17) is 4.89 Å². The second-order valence-corrected chi connectivity index (χ2v) is 12.8. The van der Waals surface area contributed by atoms with E-state index in [2.05, 4.69) is 41.2 Å². The summed E-state index contributed by atoms with van der Waals surface area (Å²) in [6.45, 7) is 15.3. The Morgan fingerprint density at radius 3 is 2.58 bits per heavy atom. The van der Waals surface area contributed by atoms with Crippen LogP contribution in [-0.4, -0.2) is 27.9 Å². The quantitative estimate of drug-likeness (QED) is 0.256. The van der Waals surface area contributed by atoms with Crippen molar-refractivity contribution in [3.8, 4) is 0 Å². The van der Waals surface area contributed by atoms with E-state index in [-0.39, 0.29) is 17.1 Å². The summed E-state index contributed by atoms with van der Waals surface area (Å²) in [6.07, 6.45) is 12.2. The van der Waals surface area contributed by atoms with Crippen LogP contribution in [0.4, 0.5) is 0 Å². The molecule has 0 aliphatic heterocycles. The predicted molar refractivity (Wildman–Crippen MR) is 131 cm³/mol. The predicted octanol–water partition coefficient (Wildman–Crippen LogP) is 6.59. The van der Waals surface area contributed by atoms with Crippen LogP contribution in [0.1, 0.15) is 92.4 Å². The van der Waals surface area contributed by atoms with E-state index in [0.717, 1.165) is 31.3 Å². The number of aliphatic hydroxyl groups is 1. The molecule has 9 atom stereocenters. The van der Waals surface area contributed by atoms with Gasteiger partial charge in [-0.1, -0.05) is 40.7 Å². The van der Waals surface area contributed by atoms with E-state index in [1.807, 2.05) is 0 Å². The third kappa shape index (κ3) is 3.89. The van der Waals surface area contributed by atoms with Gasteiger partial charge < -0.3 is 5.11 Å². The molecule has 4 nitrogen and oxygen atoms in total. The molecule has 0 spiro atoms. The van der Waals surface area contributed by atoms with Crippen molar-refractivity contribution < 1.29 is 20.0 Å². The lowest BCUT2D eigenvalue weighted by Crippen LogP contribution is -2.54. The zero-order chi connectivity index (χ0) is 24.2. The van der Waals surface area contributed by atoms with Crippen LogP contribution in [-0.2, 0) is 9.68 Å². The van der Waals surface area contributed by atoms with E-state index in [1.165, 1.54) is 25.7 Å². The van der Waals surface area contributed by atoms with Crippen molar-refractivity contribution in [2.75, 3.05) is 0 Å². The highest BCUT2D eigenvalue weighted by Gasteiger charge is 2.61. The van der Waals surface area contributed by atoms with Crippen molar-refractivity contribution in [1.82, 2.24) is 0 Å². The second kappa shape index (κ2) is 8.91. The van der Waals surface area contributed by atoms with Crippen LogP contribution in [0.15, 0.2) is 24.3 Å². The first-order chi connectivity index (χ1) is 15.5. The molecule has 186 valence electrons. The molecular weight excluding hydrogens is 412 g/mol. The van der Waals surface area contributed by atoms with Gasteiger partial charge in [0.05, 0.1) is 6.10 Å². The molecule has 0 heterocycles. The maximum absolute atomic E-state index is 12.1. The molecule has 4 aliphatic rings. The van der Waals surface area contributed by atoms with Crippen LogP contribution in [0, 0.1) is 46.3 Å². The van der Waals surface area contributed by atoms with Crippen molar-refractivity contribution >= 4 is 5.78 Å². The van der Waals surface area contributed by atoms with Gasteiger partial charge >= 0.3 is 0 Å². The zero-order valence-electron chi connectivity index (χ0n) is 21.5. The maximum atomic E-state index is 12.1. The number of aliphatic hydroxyl groups excluding tert-OH is 1. The highest BCUT2D eigenvalue weighted by molar-refractivity contribution is 5.91. The monoisotopic (exact) mass is 458 g/mol. The minimum atomic E-state index is -0.673. The minimum Gasteiger partial charge on any atom is -0.389 e. The number of carbonyl (C=O) groups excluding carboxylic acids is 1. The summed E-state index contributed by atoms with van der Waals surface area (Å²) in [7, 11) is 0. The molecule has 0 aromatic carbocycles. The third-order valence-electron chi connectivity index (χ3n) is 11.2. The summed E-state index contributed by atoms with van der Waals surface area (Å²) < 4.78 is 0. The topological polar surface area (TPSA) is 66.8 Å². The Balaban J connectivity index is 1.52. The number of fused-ring (bicyclic) bond motifs is 5. The van der Waals surface area contributed by atoms with E-state index < -0.39 is 11.7 Å². The molecule has 3 saturated carbocycles. The number of rotatable bonds is 7. The molecule has 4 rings (SSSR count). The van der Waals surface area contributed by atoms with Crippen LogP contribution < -0.4 is 0 Å². The Morgan fingerprint density at radius 2 is 1.94 bits per heavy atom.